The van der Waals surface area contributed by atoms with E-state index >= 15 is 0 Å². The second-order valence-corrected chi connectivity index (χ2v) is 5.38. The molecule has 0 radical (unpaired) electrons. The van der Waals surface area contributed by atoms with Gasteiger partial charge in [0.1, 0.15) is 6.61 Å². The molecule has 3 rings (SSSR count). The average Bonchev–Trinajstić information content (AvgIpc) is 2.65. The molecule has 0 aromatic carbocycles. The van der Waals surface area contributed by atoms with Crippen molar-refractivity contribution in [3.63, 3.8) is 0 Å². The molecule has 2 aromatic heterocycles. The molecule has 0 spiro atoms. The van der Waals surface area contributed by atoms with Crippen molar-refractivity contribution in [2.75, 3.05) is 44.8 Å². The Balaban J connectivity index is 1.45. The number of ether oxygens (including phenoxy) is 2. The maximum absolute atomic E-state index is 12.0. The van der Waals surface area contributed by atoms with Gasteiger partial charge in [-0.2, -0.15) is 0 Å². The Labute approximate surface area is 140 Å². The Kier molecular flexibility index (Phi) is 5.70. The number of pyridine rings is 2. The number of hydrogen-bond donors (Lipinski definition) is 1. The van der Waals surface area contributed by atoms with Crippen molar-refractivity contribution in [1.29, 1.82) is 0 Å². The van der Waals surface area contributed by atoms with Crippen LogP contribution < -0.4 is 10.1 Å². The van der Waals surface area contributed by atoms with E-state index in [4.69, 9.17) is 9.47 Å². The molecule has 0 bridgehead atoms. The minimum atomic E-state index is -0.217. The smallest absolute Gasteiger partial charge is 0.257 e. The highest BCUT2D eigenvalue weighted by Gasteiger charge is 2.10. The van der Waals surface area contributed by atoms with Gasteiger partial charge in [0.05, 0.1) is 30.7 Å². The van der Waals surface area contributed by atoms with E-state index in [2.05, 4.69) is 20.2 Å². The van der Waals surface area contributed by atoms with Crippen LogP contribution in [0.25, 0.3) is 0 Å². The van der Waals surface area contributed by atoms with E-state index in [9.17, 15) is 4.79 Å². The number of morpholine rings is 1. The zero-order valence-electron chi connectivity index (χ0n) is 13.4. The van der Waals surface area contributed by atoms with Crippen LogP contribution in [-0.4, -0.2) is 60.2 Å². The number of nitrogens with zero attached hydrogens (tertiary/aromatic N) is 3. The summed E-state index contributed by atoms with van der Waals surface area (Å²) in [5.74, 6) is 0.327. The third-order valence-corrected chi connectivity index (χ3v) is 3.68. The molecule has 24 heavy (non-hydrogen) atoms. The lowest BCUT2D eigenvalue weighted by Gasteiger charge is -2.26. The highest BCUT2D eigenvalue weighted by molar-refractivity contribution is 6.03. The number of hydrogen-bond acceptors (Lipinski definition) is 6. The topological polar surface area (TPSA) is 76.6 Å². The molecule has 1 saturated heterocycles. The minimum absolute atomic E-state index is 0.217. The summed E-state index contributed by atoms with van der Waals surface area (Å²) < 4.78 is 10.9. The van der Waals surface area contributed by atoms with Crippen molar-refractivity contribution in [2.24, 2.45) is 0 Å². The van der Waals surface area contributed by atoms with Crippen LogP contribution in [0.1, 0.15) is 10.4 Å². The summed E-state index contributed by atoms with van der Waals surface area (Å²) in [7, 11) is 0. The van der Waals surface area contributed by atoms with Gasteiger partial charge in [-0.1, -0.05) is 0 Å². The van der Waals surface area contributed by atoms with E-state index in [0.717, 1.165) is 32.8 Å². The third kappa shape index (κ3) is 4.74. The number of nitrogens with one attached hydrogen (secondary N) is 1. The lowest BCUT2D eigenvalue weighted by atomic mass is 10.2. The summed E-state index contributed by atoms with van der Waals surface area (Å²) in [5, 5.41) is 2.77. The average molecular weight is 328 g/mol. The van der Waals surface area contributed by atoms with Gasteiger partial charge >= 0.3 is 0 Å². The summed E-state index contributed by atoms with van der Waals surface area (Å²) in [6.45, 7) is 4.87. The second-order valence-electron chi connectivity index (χ2n) is 5.38. The number of anilines is 1. The predicted molar refractivity (Wildman–Crippen MR) is 89.2 cm³/mol. The summed E-state index contributed by atoms with van der Waals surface area (Å²) in [5.41, 5.74) is 1.12. The highest BCUT2D eigenvalue weighted by Crippen LogP contribution is 2.13. The molecule has 0 aliphatic carbocycles. The first-order valence-electron chi connectivity index (χ1n) is 7.91. The quantitative estimate of drug-likeness (QED) is 0.865. The molecule has 1 N–H and O–H groups in total. The van der Waals surface area contributed by atoms with Gasteiger partial charge in [-0.25, -0.2) is 4.98 Å². The molecule has 0 atom stereocenters. The molecule has 2 aromatic rings. The summed E-state index contributed by atoms with van der Waals surface area (Å²) in [4.78, 5) is 22.5. The van der Waals surface area contributed by atoms with Gasteiger partial charge in [0.15, 0.2) is 0 Å². The Morgan fingerprint density at radius 1 is 1.25 bits per heavy atom. The van der Waals surface area contributed by atoms with Crippen LogP contribution in [0.4, 0.5) is 5.69 Å². The molecule has 1 aliphatic rings. The monoisotopic (exact) mass is 328 g/mol. The van der Waals surface area contributed by atoms with Crippen LogP contribution in [0.5, 0.6) is 5.88 Å². The lowest BCUT2D eigenvalue weighted by molar-refractivity contribution is 0.0320. The minimum Gasteiger partial charge on any atom is -0.476 e. The standard InChI is InChI=1S/C17H20N4O3/c22-17(14-2-1-5-18-12-14)20-15-3-4-16(19-13-15)24-11-8-21-6-9-23-10-7-21/h1-5,12-13H,6-11H2,(H,20,22). The maximum atomic E-state index is 12.0. The van der Waals surface area contributed by atoms with Crippen molar-refractivity contribution < 1.29 is 14.3 Å². The zero-order chi connectivity index (χ0) is 16.6. The molecule has 0 unspecified atom stereocenters. The van der Waals surface area contributed by atoms with Crippen LogP contribution >= 0.6 is 0 Å². The first-order chi connectivity index (χ1) is 11.8. The first-order valence-corrected chi connectivity index (χ1v) is 7.91. The molecule has 7 nitrogen and oxygen atoms in total. The fourth-order valence-corrected chi connectivity index (χ4v) is 2.34. The van der Waals surface area contributed by atoms with Crippen molar-refractivity contribution in [1.82, 2.24) is 14.9 Å². The summed E-state index contributed by atoms with van der Waals surface area (Å²) in [6.07, 6.45) is 4.73. The van der Waals surface area contributed by atoms with E-state index in [1.165, 1.54) is 6.20 Å². The molecule has 0 saturated carbocycles. The van der Waals surface area contributed by atoms with E-state index < -0.39 is 0 Å². The number of rotatable bonds is 6. The molecule has 126 valence electrons. The Morgan fingerprint density at radius 3 is 2.83 bits per heavy atom. The van der Waals surface area contributed by atoms with E-state index in [0.29, 0.717) is 23.7 Å². The Morgan fingerprint density at radius 2 is 2.12 bits per heavy atom. The van der Waals surface area contributed by atoms with Crippen LogP contribution in [0.3, 0.4) is 0 Å². The van der Waals surface area contributed by atoms with Gasteiger partial charge in [-0.05, 0) is 18.2 Å². The summed E-state index contributed by atoms with van der Waals surface area (Å²) >= 11 is 0. The van der Waals surface area contributed by atoms with Crippen molar-refractivity contribution in [2.45, 2.75) is 0 Å². The Hall–Kier alpha value is -2.51. The van der Waals surface area contributed by atoms with Gasteiger partial charge in [-0.3, -0.25) is 14.7 Å². The maximum Gasteiger partial charge on any atom is 0.257 e. The van der Waals surface area contributed by atoms with E-state index in [1.807, 2.05) is 0 Å². The van der Waals surface area contributed by atoms with Gasteiger partial charge in [0.25, 0.3) is 5.91 Å². The fourth-order valence-electron chi connectivity index (χ4n) is 2.34. The summed E-state index contributed by atoms with van der Waals surface area (Å²) in [6, 6.07) is 6.95. The number of carbonyl (C=O) groups excluding carboxylic acids is 1. The lowest BCUT2D eigenvalue weighted by Crippen LogP contribution is -2.38. The first kappa shape index (κ1) is 16.4. The molecule has 1 fully saturated rings. The van der Waals surface area contributed by atoms with Crippen LogP contribution in [0, 0.1) is 0 Å². The van der Waals surface area contributed by atoms with Crippen molar-refractivity contribution in [3.8, 4) is 5.88 Å². The highest BCUT2D eigenvalue weighted by atomic mass is 16.5. The second kappa shape index (κ2) is 8.37. The largest absolute Gasteiger partial charge is 0.476 e. The van der Waals surface area contributed by atoms with Crippen molar-refractivity contribution >= 4 is 11.6 Å². The normalized spacial score (nSPS) is 15.0. The molecule has 1 amide bonds. The Bertz CT molecular complexity index is 643. The van der Waals surface area contributed by atoms with Gasteiger partial charge in [-0.15, -0.1) is 0 Å². The third-order valence-electron chi connectivity index (χ3n) is 3.68. The van der Waals surface area contributed by atoms with E-state index in [-0.39, 0.29) is 5.91 Å². The van der Waals surface area contributed by atoms with Gasteiger partial charge in [0.2, 0.25) is 5.88 Å². The number of carbonyl (C=O) groups is 1. The number of amides is 1. The van der Waals surface area contributed by atoms with Crippen LogP contribution in [0.2, 0.25) is 0 Å². The zero-order valence-corrected chi connectivity index (χ0v) is 13.4. The van der Waals surface area contributed by atoms with Gasteiger partial charge < -0.3 is 14.8 Å². The molecular weight excluding hydrogens is 308 g/mol. The van der Waals surface area contributed by atoms with Crippen LogP contribution in [-0.2, 0) is 4.74 Å². The van der Waals surface area contributed by atoms with Crippen molar-refractivity contribution in [3.05, 3.63) is 48.4 Å². The molecule has 1 aliphatic heterocycles. The number of aromatic nitrogens is 2. The predicted octanol–water partition coefficient (Wildman–Crippen LogP) is 1.44. The SMILES string of the molecule is O=C(Nc1ccc(OCCN2CCOCC2)nc1)c1cccnc1. The molecular formula is C17H20N4O3. The molecule has 7 heteroatoms. The van der Waals surface area contributed by atoms with Gasteiger partial charge in [0, 0.05) is 38.1 Å². The van der Waals surface area contributed by atoms with Crippen LogP contribution in [0.15, 0.2) is 42.9 Å². The van der Waals surface area contributed by atoms with E-state index in [1.54, 1.807) is 36.7 Å². The fraction of sp³-hybridized carbons (Fsp3) is 0.353. The molecule has 3 heterocycles.